The van der Waals surface area contributed by atoms with Crippen molar-refractivity contribution in [3.05, 3.63) is 21.5 Å². The summed E-state index contributed by atoms with van der Waals surface area (Å²) < 4.78 is 0.388. The molecule has 1 aromatic rings. The van der Waals surface area contributed by atoms with Crippen LogP contribution in [0.5, 0.6) is 5.75 Å². The van der Waals surface area contributed by atoms with Crippen molar-refractivity contribution < 1.29 is 19.8 Å². The fraction of sp³-hybridized carbons (Fsp3) is 0.300. The highest BCUT2D eigenvalue weighted by atomic mass is 127. The van der Waals surface area contributed by atoms with Crippen molar-refractivity contribution in [1.82, 2.24) is 10.3 Å². The van der Waals surface area contributed by atoms with Crippen LogP contribution in [0.1, 0.15) is 23.2 Å². The monoisotopic (exact) mass is 348 g/mol. The molecule has 3 N–H and O–H groups in total. The lowest BCUT2D eigenvalue weighted by atomic mass is 10.2. The molecular formula is C10H9IN2O4. The molecule has 6 nitrogen and oxygen atoms in total. The number of amides is 1. The lowest BCUT2D eigenvalue weighted by Gasteiger charge is -2.12. The van der Waals surface area contributed by atoms with Crippen molar-refractivity contribution in [2.45, 2.75) is 18.4 Å². The summed E-state index contributed by atoms with van der Waals surface area (Å²) in [6, 6.07) is 1.27. The molecule has 1 heterocycles. The predicted octanol–water partition coefficient (Wildman–Crippen LogP) is 0.739. The van der Waals surface area contributed by atoms with E-state index in [1.807, 2.05) is 22.6 Å². The molecule has 7 heteroatoms. The van der Waals surface area contributed by atoms with Gasteiger partial charge in [0.2, 0.25) is 0 Å². The van der Waals surface area contributed by atoms with E-state index in [4.69, 9.17) is 5.11 Å². The zero-order valence-electron chi connectivity index (χ0n) is 8.61. The molecule has 90 valence electrons. The molecule has 0 bridgehead atoms. The van der Waals surface area contributed by atoms with Gasteiger partial charge in [-0.3, -0.25) is 4.79 Å². The van der Waals surface area contributed by atoms with E-state index in [9.17, 15) is 14.7 Å². The third kappa shape index (κ3) is 2.33. The minimum absolute atomic E-state index is 0.0987. The average Bonchev–Trinajstić information content (AvgIpc) is 3.03. The molecule has 2 rings (SSSR count). The second-order valence-electron chi connectivity index (χ2n) is 3.88. The van der Waals surface area contributed by atoms with Gasteiger partial charge in [-0.2, -0.15) is 0 Å². The largest absolute Gasteiger partial charge is 0.505 e. The number of hydrogen-bond donors (Lipinski definition) is 3. The number of nitrogens with one attached hydrogen (secondary N) is 1. The van der Waals surface area contributed by atoms with Crippen LogP contribution in [-0.2, 0) is 4.79 Å². The Morgan fingerprint density at radius 1 is 1.47 bits per heavy atom. The summed E-state index contributed by atoms with van der Waals surface area (Å²) in [5.74, 6) is -1.67. The van der Waals surface area contributed by atoms with Crippen LogP contribution >= 0.6 is 22.6 Å². The molecule has 1 aliphatic carbocycles. The van der Waals surface area contributed by atoms with Crippen LogP contribution in [-0.4, -0.2) is 32.6 Å². The van der Waals surface area contributed by atoms with Gasteiger partial charge in [0.15, 0.2) is 0 Å². The van der Waals surface area contributed by atoms with E-state index in [0.717, 1.165) is 0 Å². The predicted molar refractivity (Wildman–Crippen MR) is 65.7 cm³/mol. The molecule has 0 aromatic carbocycles. The number of hydrogen-bond acceptors (Lipinski definition) is 4. The van der Waals surface area contributed by atoms with Gasteiger partial charge >= 0.3 is 5.97 Å². The van der Waals surface area contributed by atoms with E-state index in [1.54, 1.807) is 0 Å². The normalized spacial score (nSPS) is 16.3. The summed E-state index contributed by atoms with van der Waals surface area (Å²) >= 11 is 1.83. The van der Waals surface area contributed by atoms with Gasteiger partial charge in [-0.1, -0.05) is 0 Å². The average molecular weight is 348 g/mol. The molecule has 1 aromatic heterocycles. The molecular weight excluding hydrogens is 339 g/mol. The number of carboxylic acid groups (broad SMARTS) is 1. The first-order valence-electron chi connectivity index (χ1n) is 4.85. The minimum atomic E-state index is -1.13. The molecule has 0 unspecified atom stereocenters. The number of carboxylic acids is 1. The Morgan fingerprint density at radius 3 is 2.59 bits per heavy atom. The summed E-state index contributed by atoms with van der Waals surface area (Å²) in [5, 5.41) is 20.8. The van der Waals surface area contributed by atoms with E-state index < -0.39 is 17.4 Å². The van der Waals surface area contributed by atoms with Crippen molar-refractivity contribution in [3.63, 3.8) is 0 Å². The molecule has 17 heavy (non-hydrogen) atoms. The summed E-state index contributed by atoms with van der Waals surface area (Å²) in [7, 11) is 0. The van der Waals surface area contributed by atoms with Gasteiger partial charge in [0.1, 0.15) is 15.0 Å². The first-order chi connectivity index (χ1) is 7.94. The number of aromatic nitrogens is 1. The van der Waals surface area contributed by atoms with Gasteiger partial charge in [0.25, 0.3) is 5.91 Å². The Hall–Kier alpha value is -1.38. The summed E-state index contributed by atoms with van der Waals surface area (Å²) in [4.78, 5) is 26.5. The second-order valence-corrected chi connectivity index (χ2v) is 4.90. The highest BCUT2D eigenvalue weighted by molar-refractivity contribution is 14.1. The van der Waals surface area contributed by atoms with Gasteiger partial charge in [0, 0.05) is 6.20 Å². The fourth-order valence-corrected chi connectivity index (χ4v) is 1.66. The maximum absolute atomic E-state index is 11.7. The van der Waals surface area contributed by atoms with Crippen LogP contribution in [0.15, 0.2) is 12.3 Å². The molecule has 0 radical (unpaired) electrons. The number of aromatic hydroxyl groups is 1. The van der Waals surface area contributed by atoms with Crippen LogP contribution < -0.4 is 5.32 Å². The standard InChI is InChI=1S/C10H9IN2O4/c11-7-6(14)3-5(4-12-7)8(15)13-10(1-2-10)9(16)17/h3-4,14H,1-2H2,(H,13,15)(H,16,17). The Bertz CT molecular complexity index is 499. The van der Waals surface area contributed by atoms with Crippen molar-refractivity contribution >= 4 is 34.5 Å². The van der Waals surface area contributed by atoms with E-state index >= 15 is 0 Å². The van der Waals surface area contributed by atoms with Crippen LogP contribution in [0.3, 0.4) is 0 Å². The molecule has 0 saturated heterocycles. The van der Waals surface area contributed by atoms with Crippen LogP contribution in [0, 0.1) is 3.70 Å². The first-order valence-corrected chi connectivity index (χ1v) is 5.93. The Kier molecular flexibility index (Phi) is 2.94. The molecule has 0 spiro atoms. The maximum atomic E-state index is 11.7. The SMILES string of the molecule is O=C(NC1(C(=O)O)CC1)c1cnc(I)c(O)c1. The fourth-order valence-electron chi connectivity index (χ4n) is 1.37. The van der Waals surface area contributed by atoms with Crippen molar-refractivity contribution in [2.24, 2.45) is 0 Å². The van der Waals surface area contributed by atoms with E-state index in [1.165, 1.54) is 12.3 Å². The van der Waals surface area contributed by atoms with Crippen LogP contribution in [0.4, 0.5) is 0 Å². The van der Waals surface area contributed by atoms with Crippen molar-refractivity contribution in [1.29, 1.82) is 0 Å². The van der Waals surface area contributed by atoms with Crippen LogP contribution in [0.25, 0.3) is 0 Å². The number of pyridine rings is 1. The molecule has 1 saturated carbocycles. The Labute approximate surface area is 110 Å². The van der Waals surface area contributed by atoms with Crippen molar-refractivity contribution in [2.75, 3.05) is 0 Å². The van der Waals surface area contributed by atoms with Gasteiger partial charge in [0.05, 0.1) is 5.56 Å². The van der Waals surface area contributed by atoms with Crippen molar-refractivity contribution in [3.8, 4) is 5.75 Å². The second kappa shape index (κ2) is 4.13. The topological polar surface area (TPSA) is 99.5 Å². The summed E-state index contributed by atoms with van der Waals surface area (Å²) in [6.45, 7) is 0. The van der Waals surface area contributed by atoms with Crippen LogP contribution in [0.2, 0.25) is 0 Å². The maximum Gasteiger partial charge on any atom is 0.329 e. The molecule has 0 atom stereocenters. The Morgan fingerprint density at radius 2 is 2.12 bits per heavy atom. The van der Waals surface area contributed by atoms with Gasteiger partial charge in [-0.25, -0.2) is 9.78 Å². The van der Waals surface area contributed by atoms with E-state index in [0.29, 0.717) is 16.5 Å². The highest BCUT2D eigenvalue weighted by Gasteiger charge is 2.51. The van der Waals surface area contributed by atoms with E-state index in [2.05, 4.69) is 10.3 Å². The lowest BCUT2D eigenvalue weighted by molar-refractivity contribution is -0.140. The van der Waals surface area contributed by atoms with Gasteiger partial charge in [-0.05, 0) is 41.5 Å². The molecule has 1 aliphatic rings. The highest BCUT2D eigenvalue weighted by Crippen LogP contribution is 2.35. The Balaban J connectivity index is 2.15. The number of halogens is 1. The van der Waals surface area contributed by atoms with E-state index in [-0.39, 0.29) is 11.3 Å². The quantitative estimate of drug-likeness (QED) is 0.553. The smallest absolute Gasteiger partial charge is 0.329 e. The van der Waals surface area contributed by atoms with Gasteiger partial charge < -0.3 is 15.5 Å². The number of rotatable bonds is 3. The minimum Gasteiger partial charge on any atom is -0.505 e. The number of carbonyl (C=O) groups is 2. The third-order valence-electron chi connectivity index (χ3n) is 2.59. The molecule has 1 amide bonds. The number of aliphatic carboxylic acids is 1. The zero-order chi connectivity index (χ0) is 12.6. The first kappa shape index (κ1) is 12.1. The molecule has 1 fully saturated rings. The third-order valence-corrected chi connectivity index (χ3v) is 3.43. The zero-order valence-corrected chi connectivity index (χ0v) is 10.8. The molecule has 0 aliphatic heterocycles. The van der Waals surface area contributed by atoms with Gasteiger partial charge in [-0.15, -0.1) is 0 Å². The summed E-state index contributed by atoms with van der Waals surface area (Å²) in [6.07, 6.45) is 2.16. The summed E-state index contributed by atoms with van der Waals surface area (Å²) in [5.41, 5.74) is -0.981. The number of carbonyl (C=O) groups excluding carboxylic acids is 1. The number of nitrogens with zero attached hydrogens (tertiary/aromatic N) is 1. The lowest BCUT2D eigenvalue weighted by Crippen LogP contribution is -2.43.